The van der Waals surface area contributed by atoms with Crippen molar-refractivity contribution in [1.82, 2.24) is 4.90 Å². The fourth-order valence-corrected chi connectivity index (χ4v) is 2.13. The van der Waals surface area contributed by atoms with Crippen molar-refractivity contribution in [3.05, 3.63) is 0 Å². The molecule has 1 fully saturated rings. The van der Waals surface area contributed by atoms with Crippen LogP contribution in [0.15, 0.2) is 0 Å². The highest BCUT2D eigenvalue weighted by atomic mass is 16.6. The molecule has 5 nitrogen and oxygen atoms in total. The standard InChI is InChI=1S/C13H25NO4/c1-9(15)7-10-8-17-13(5,6)14(10)11(16)18-12(2,3)4/h9-10,15H,7-8H2,1-6H3/t9-,10+/m0/s1. The smallest absolute Gasteiger partial charge is 0.412 e. The van der Waals surface area contributed by atoms with Gasteiger partial charge in [0.1, 0.15) is 11.3 Å². The molecule has 1 N–H and O–H groups in total. The van der Waals surface area contributed by atoms with Crippen molar-refractivity contribution in [2.45, 2.75) is 71.4 Å². The van der Waals surface area contributed by atoms with Crippen LogP contribution in [0.2, 0.25) is 0 Å². The normalized spacial score (nSPS) is 25.1. The van der Waals surface area contributed by atoms with Gasteiger partial charge in [0.2, 0.25) is 0 Å². The molecule has 0 unspecified atom stereocenters. The average molecular weight is 259 g/mol. The largest absolute Gasteiger partial charge is 0.444 e. The van der Waals surface area contributed by atoms with Crippen molar-refractivity contribution in [3.8, 4) is 0 Å². The van der Waals surface area contributed by atoms with E-state index in [1.807, 2.05) is 34.6 Å². The molecule has 0 aliphatic carbocycles. The average Bonchev–Trinajstić information content (AvgIpc) is 2.36. The Hall–Kier alpha value is -0.810. The summed E-state index contributed by atoms with van der Waals surface area (Å²) in [7, 11) is 0. The van der Waals surface area contributed by atoms with E-state index in [9.17, 15) is 9.90 Å². The van der Waals surface area contributed by atoms with E-state index in [4.69, 9.17) is 9.47 Å². The third kappa shape index (κ3) is 3.85. The molecule has 2 atom stereocenters. The number of hydrogen-bond donors (Lipinski definition) is 1. The Morgan fingerprint density at radius 1 is 1.56 bits per heavy atom. The van der Waals surface area contributed by atoms with E-state index in [0.29, 0.717) is 13.0 Å². The van der Waals surface area contributed by atoms with Gasteiger partial charge in [-0.3, -0.25) is 4.90 Å². The van der Waals surface area contributed by atoms with E-state index in [1.54, 1.807) is 11.8 Å². The second-order valence-electron chi connectivity index (χ2n) is 6.35. The molecule has 0 bridgehead atoms. The molecule has 18 heavy (non-hydrogen) atoms. The Bertz CT molecular complexity index is 307. The topological polar surface area (TPSA) is 59.0 Å². The Morgan fingerprint density at radius 2 is 2.11 bits per heavy atom. The van der Waals surface area contributed by atoms with E-state index in [-0.39, 0.29) is 6.04 Å². The highest BCUT2D eigenvalue weighted by Gasteiger charge is 2.45. The van der Waals surface area contributed by atoms with Crippen molar-refractivity contribution >= 4 is 6.09 Å². The Balaban J connectivity index is 2.82. The molecule has 0 aromatic rings. The first kappa shape index (κ1) is 15.2. The van der Waals surface area contributed by atoms with Crippen LogP contribution in [0.1, 0.15) is 48.0 Å². The molecule has 1 rings (SSSR count). The zero-order valence-corrected chi connectivity index (χ0v) is 12.2. The van der Waals surface area contributed by atoms with Crippen LogP contribution in [0.25, 0.3) is 0 Å². The maximum atomic E-state index is 12.2. The van der Waals surface area contributed by atoms with Crippen LogP contribution < -0.4 is 0 Å². The molecule has 0 saturated carbocycles. The van der Waals surface area contributed by atoms with E-state index in [2.05, 4.69) is 0 Å². The van der Waals surface area contributed by atoms with Gasteiger partial charge in [-0.25, -0.2) is 4.79 Å². The molecule has 1 aliphatic heterocycles. The fourth-order valence-electron chi connectivity index (χ4n) is 2.13. The van der Waals surface area contributed by atoms with Gasteiger partial charge in [-0.15, -0.1) is 0 Å². The molecule has 1 saturated heterocycles. The first-order valence-corrected chi connectivity index (χ1v) is 6.37. The zero-order chi connectivity index (χ0) is 14.1. The highest BCUT2D eigenvalue weighted by molar-refractivity contribution is 5.69. The molecule has 1 amide bonds. The Morgan fingerprint density at radius 3 is 2.56 bits per heavy atom. The van der Waals surface area contributed by atoms with Gasteiger partial charge in [0.15, 0.2) is 0 Å². The van der Waals surface area contributed by atoms with Gasteiger partial charge < -0.3 is 14.6 Å². The lowest BCUT2D eigenvalue weighted by atomic mass is 10.1. The number of hydrogen-bond acceptors (Lipinski definition) is 4. The van der Waals surface area contributed by atoms with E-state index in [0.717, 1.165) is 0 Å². The molecule has 0 spiro atoms. The third-order valence-electron chi connectivity index (χ3n) is 2.78. The van der Waals surface area contributed by atoms with Gasteiger partial charge in [-0.1, -0.05) is 0 Å². The third-order valence-corrected chi connectivity index (χ3v) is 2.78. The molecular formula is C13H25NO4. The van der Waals surface area contributed by atoms with Gasteiger partial charge in [0.05, 0.1) is 18.8 Å². The minimum atomic E-state index is -0.693. The van der Waals surface area contributed by atoms with Gasteiger partial charge in [-0.05, 0) is 48.0 Å². The van der Waals surface area contributed by atoms with Crippen molar-refractivity contribution in [3.63, 3.8) is 0 Å². The highest BCUT2D eigenvalue weighted by Crippen LogP contribution is 2.31. The van der Waals surface area contributed by atoms with Crippen LogP contribution in [0, 0.1) is 0 Å². The molecule has 0 radical (unpaired) electrons. The summed E-state index contributed by atoms with van der Waals surface area (Å²) in [6, 6.07) is -0.144. The lowest BCUT2D eigenvalue weighted by Crippen LogP contribution is -2.50. The summed E-state index contributed by atoms with van der Waals surface area (Å²) in [5.41, 5.74) is -1.23. The molecule has 0 aromatic carbocycles. The van der Waals surface area contributed by atoms with Crippen molar-refractivity contribution in [2.75, 3.05) is 6.61 Å². The van der Waals surface area contributed by atoms with Crippen molar-refractivity contribution < 1.29 is 19.4 Å². The summed E-state index contributed by atoms with van der Waals surface area (Å²) in [4.78, 5) is 13.8. The second-order valence-corrected chi connectivity index (χ2v) is 6.35. The first-order valence-electron chi connectivity index (χ1n) is 6.37. The number of aliphatic hydroxyl groups excluding tert-OH is 1. The summed E-state index contributed by atoms with van der Waals surface area (Å²) in [6.45, 7) is 11.3. The van der Waals surface area contributed by atoms with Crippen molar-refractivity contribution in [1.29, 1.82) is 0 Å². The van der Waals surface area contributed by atoms with Crippen LogP contribution in [0.4, 0.5) is 4.79 Å². The molecule has 1 heterocycles. The molecule has 106 valence electrons. The van der Waals surface area contributed by atoms with Gasteiger partial charge in [-0.2, -0.15) is 0 Å². The minimum Gasteiger partial charge on any atom is -0.444 e. The van der Waals surface area contributed by atoms with E-state index >= 15 is 0 Å². The number of rotatable bonds is 2. The molecule has 5 heteroatoms. The summed E-state index contributed by atoms with van der Waals surface area (Å²) >= 11 is 0. The Kier molecular flexibility index (Phi) is 4.28. The number of carbonyl (C=O) groups excluding carboxylic acids is 1. The zero-order valence-electron chi connectivity index (χ0n) is 12.2. The SMILES string of the molecule is C[C@H](O)C[C@@H]1COC(C)(C)N1C(=O)OC(C)(C)C. The van der Waals surface area contributed by atoms with Crippen LogP contribution in [-0.2, 0) is 9.47 Å². The van der Waals surface area contributed by atoms with Gasteiger partial charge in [0, 0.05) is 0 Å². The maximum Gasteiger partial charge on any atom is 0.412 e. The summed E-state index contributed by atoms with van der Waals surface area (Å²) in [6.07, 6.45) is -0.379. The summed E-state index contributed by atoms with van der Waals surface area (Å²) in [5, 5.41) is 9.48. The molecular weight excluding hydrogens is 234 g/mol. The van der Waals surface area contributed by atoms with Crippen LogP contribution >= 0.6 is 0 Å². The first-order chi connectivity index (χ1) is 8.03. The predicted molar refractivity (Wildman–Crippen MR) is 68.2 cm³/mol. The minimum absolute atomic E-state index is 0.144. The number of aliphatic hydroxyl groups is 1. The molecule has 0 aromatic heterocycles. The van der Waals surface area contributed by atoms with Gasteiger partial charge in [0.25, 0.3) is 0 Å². The number of ether oxygens (including phenoxy) is 2. The Labute approximate surface area is 109 Å². The fraction of sp³-hybridized carbons (Fsp3) is 0.923. The monoisotopic (exact) mass is 259 g/mol. The second kappa shape index (κ2) is 5.05. The lowest BCUT2D eigenvalue weighted by Gasteiger charge is -2.35. The predicted octanol–water partition coefficient (Wildman–Crippen LogP) is 2.13. The van der Waals surface area contributed by atoms with E-state index in [1.165, 1.54) is 0 Å². The van der Waals surface area contributed by atoms with E-state index < -0.39 is 23.5 Å². The lowest BCUT2D eigenvalue weighted by molar-refractivity contribution is -0.0635. The number of nitrogens with zero attached hydrogens (tertiary/aromatic N) is 1. The van der Waals surface area contributed by atoms with Crippen LogP contribution in [-0.4, -0.2) is 46.2 Å². The summed E-state index contributed by atoms with van der Waals surface area (Å²) in [5.74, 6) is 0. The van der Waals surface area contributed by atoms with Gasteiger partial charge >= 0.3 is 6.09 Å². The van der Waals surface area contributed by atoms with Crippen LogP contribution in [0.3, 0.4) is 0 Å². The molecule has 1 aliphatic rings. The maximum absolute atomic E-state index is 12.2. The number of amides is 1. The van der Waals surface area contributed by atoms with Crippen molar-refractivity contribution in [2.24, 2.45) is 0 Å². The number of carbonyl (C=O) groups is 1. The van der Waals surface area contributed by atoms with Crippen LogP contribution in [0.5, 0.6) is 0 Å². The summed E-state index contributed by atoms with van der Waals surface area (Å²) < 4.78 is 11.0. The quantitative estimate of drug-likeness (QED) is 0.825.